The van der Waals surface area contributed by atoms with Gasteiger partial charge in [-0.15, -0.1) is 0 Å². The molecule has 2 aromatic heterocycles. The van der Waals surface area contributed by atoms with Crippen LogP contribution in [0.5, 0.6) is 0 Å². The molecule has 182 valence electrons. The monoisotopic (exact) mass is 471 g/mol. The van der Waals surface area contributed by atoms with E-state index in [1.807, 2.05) is 33.7 Å². The molecule has 5 heterocycles. The highest BCUT2D eigenvalue weighted by Gasteiger charge is 2.32. The number of piperidine rings is 1. The van der Waals surface area contributed by atoms with Crippen LogP contribution in [0, 0.1) is 0 Å². The van der Waals surface area contributed by atoms with Crippen molar-refractivity contribution in [3.8, 4) is 0 Å². The van der Waals surface area contributed by atoms with E-state index in [0.717, 1.165) is 91.8 Å². The SMILES string of the molecule is C=C1Cc2ccccc2C(=O)N2CCCCC2c2cc3nc(N4CCC4)cc(n3n2)N(C)CCN1. The molecule has 1 N–H and O–H groups in total. The molecule has 3 aliphatic rings. The molecule has 2 bridgehead atoms. The van der Waals surface area contributed by atoms with Gasteiger partial charge in [-0.1, -0.05) is 24.8 Å². The predicted molar refractivity (Wildman–Crippen MR) is 138 cm³/mol. The predicted octanol–water partition coefficient (Wildman–Crippen LogP) is 3.40. The zero-order chi connectivity index (χ0) is 23.9. The quantitative estimate of drug-likeness (QED) is 0.587. The second-order valence-corrected chi connectivity index (χ2v) is 9.95. The summed E-state index contributed by atoms with van der Waals surface area (Å²) in [7, 11) is 2.10. The van der Waals surface area contributed by atoms with E-state index >= 15 is 0 Å². The average molecular weight is 472 g/mol. The summed E-state index contributed by atoms with van der Waals surface area (Å²) in [5, 5.41) is 8.52. The van der Waals surface area contributed by atoms with Gasteiger partial charge in [0.15, 0.2) is 5.65 Å². The summed E-state index contributed by atoms with van der Waals surface area (Å²) in [5.74, 6) is 2.10. The Morgan fingerprint density at radius 3 is 2.74 bits per heavy atom. The van der Waals surface area contributed by atoms with E-state index in [0.29, 0.717) is 6.42 Å². The fraction of sp³-hybridized carbons (Fsp3) is 0.444. The Balaban J connectivity index is 1.48. The molecule has 8 nitrogen and oxygen atoms in total. The second-order valence-electron chi connectivity index (χ2n) is 9.95. The number of aromatic nitrogens is 3. The van der Waals surface area contributed by atoms with Crippen molar-refractivity contribution < 1.29 is 4.79 Å². The summed E-state index contributed by atoms with van der Waals surface area (Å²) in [6, 6.07) is 12.1. The number of hydrogen-bond donors (Lipinski definition) is 1. The second kappa shape index (κ2) is 8.91. The van der Waals surface area contributed by atoms with Gasteiger partial charge >= 0.3 is 0 Å². The number of nitrogens with one attached hydrogen (secondary N) is 1. The lowest BCUT2D eigenvalue weighted by Gasteiger charge is -2.35. The molecule has 0 aliphatic carbocycles. The van der Waals surface area contributed by atoms with Gasteiger partial charge in [0.1, 0.15) is 11.6 Å². The van der Waals surface area contributed by atoms with Gasteiger partial charge in [-0.05, 0) is 37.3 Å². The lowest BCUT2D eigenvalue weighted by atomic mass is 9.96. The van der Waals surface area contributed by atoms with Crippen molar-refractivity contribution >= 4 is 23.2 Å². The zero-order valence-corrected chi connectivity index (χ0v) is 20.4. The summed E-state index contributed by atoms with van der Waals surface area (Å²) >= 11 is 0. The van der Waals surface area contributed by atoms with Crippen LogP contribution in [0.3, 0.4) is 0 Å². The Morgan fingerprint density at radius 1 is 1.06 bits per heavy atom. The normalized spacial score (nSPS) is 21.2. The summed E-state index contributed by atoms with van der Waals surface area (Å²) < 4.78 is 1.96. The molecule has 0 saturated carbocycles. The first-order valence-corrected chi connectivity index (χ1v) is 12.8. The first kappa shape index (κ1) is 21.9. The third-order valence-corrected chi connectivity index (χ3v) is 7.56. The van der Waals surface area contributed by atoms with E-state index in [1.54, 1.807) is 0 Å². The summed E-state index contributed by atoms with van der Waals surface area (Å²) in [4.78, 5) is 25.4. The molecule has 2 saturated heterocycles. The summed E-state index contributed by atoms with van der Waals surface area (Å²) in [5.41, 5.74) is 4.46. The van der Waals surface area contributed by atoms with Gasteiger partial charge in [0.25, 0.3) is 5.91 Å². The van der Waals surface area contributed by atoms with Gasteiger partial charge in [-0.3, -0.25) is 4.79 Å². The lowest BCUT2D eigenvalue weighted by molar-refractivity contribution is 0.0604. The number of benzene rings is 1. The van der Waals surface area contributed by atoms with Crippen LogP contribution >= 0.6 is 0 Å². The van der Waals surface area contributed by atoms with Crippen LogP contribution in [0.4, 0.5) is 11.6 Å². The molecular weight excluding hydrogens is 438 g/mol. The minimum atomic E-state index is -0.0527. The third kappa shape index (κ3) is 4.00. The highest BCUT2D eigenvalue weighted by molar-refractivity contribution is 5.96. The number of carbonyl (C=O) groups is 1. The van der Waals surface area contributed by atoms with E-state index in [2.05, 4.69) is 40.9 Å². The lowest BCUT2D eigenvalue weighted by Crippen LogP contribution is -2.39. The van der Waals surface area contributed by atoms with Crippen molar-refractivity contribution in [3.05, 3.63) is 65.5 Å². The summed E-state index contributed by atoms with van der Waals surface area (Å²) in [6.45, 7) is 8.61. The molecule has 6 rings (SSSR count). The number of amides is 1. The van der Waals surface area contributed by atoms with Crippen LogP contribution in [-0.2, 0) is 6.42 Å². The molecule has 0 spiro atoms. The van der Waals surface area contributed by atoms with Crippen molar-refractivity contribution in [1.29, 1.82) is 0 Å². The fourth-order valence-electron chi connectivity index (χ4n) is 5.43. The molecule has 3 aliphatic heterocycles. The maximum absolute atomic E-state index is 13.9. The molecule has 1 amide bonds. The Morgan fingerprint density at radius 2 is 1.91 bits per heavy atom. The minimum Gasteiger partial charge on any atom is -0.387 e. The Labute approximate surface area is 206 Å². The van der Waals surface area contributed by atoms with E-state index in [-0.39, 0.29) is 11.9 Å². The molecular formula is C27H33N7O. The number of rotatable bonds is 1. The topological polar surface area (TPSA) is 69.0 Å². The van der Waals surface area contributed by atoms with Crippen molar-refractivity contribution in [1.82, 2.24) is 24.8 Å². The molecule has 8 heteroatoms. The van der Waals surface area contributed by atoms with Crippen molar-refractivity contribution in [2.24, 2.45) is 0 Å². The van der Waals surface area contributed by atoms with Crippen molar-refractivity contribution in [2.45, 2.75) is 38.1 Å². The molecule has 35 heavy (non-hydrogen) atoms. The van der Waals surface area contributed by atoms with E-state index in [1.165, 1.54) is 6.42 Å². The number of fused-ring (bicyclic) bond motifs is 4. The molecule has 1 atom stereocenters. The molecule has 3 aromatic rings. The third-order valence-electron chi connectivity index (χ3n) is 7.56. The van der Waals surface area contributed by atoms with Gasteiger partial charge in [-0.2, -0.15) is 9.61 Å². The van der Waals surface area contributed by atoms with Gasteiger partial charge in [0.05, 0.1) is 11.7 Å². The van der Waals surface area contributed by atoms with Gasteiger partial charge in [-0.25, -0.2) is 4.98 Å². The van der Waals surface area contributed by atoms with Crippen molar-refractivity contribution in [2.75, 3.05) is 49.6 Å². The van der Waals surface area contributed by atoms with E-state index < -0.39 is 0 Å². The fourth-order valence-corrected chi connectivity index (χ4v) is 5.43. The maximum Gasteiger partial charge on any atom is 0.254 e. The standard InChI is InChI=1S/C27H33N7O/c1-19-16-20-8-3-4-9-21(20)27(35)33-14-6-5-10-23(33)22-17-25-29-24(32-12-7-13-32)18-26(34(25)30-22)31(2)15-11-28-19/h3-4,8-9,17-18,23,28H,1,5-7,10-16H2,2H3. The first-order chi connectivity index (χ1) is 17.1. The molecule has 2 fully saturated rings. The van der Waals surface area contributed by atoms with Crippen LogP contribution in [-0.4, -0.2) is 65.2 Å². The Kier molecular flexibility index (Phi) is 5.59. The van der Waals surface area contributed by atoms with Crippen LogP contribution in [0.25, 0.3) is 5.65 Å². The van der Waals surface area contributed by atoms with Crippen LogP contribution in [0.15, 0.2) is 48.7 Å². The zero-order valence-electron chi connectivity index (χ0n) is 20.4. The largest absolute Gasteiger partial charge is 0.387 e. The average Bonchev–Trinajstić information content (AvgIpc) is 3.26. The van der Waals surface area contributed by atoms with E-state index in [9.17, 15) is 4.79 Å². The molecule has 1 aromatic carbocycles. The smallest absolute Gasteiger partial charge is 0.254 e. The molecule has 1 unspecified atom stereocenters. The minimum absolute atomic E-state index is 0.0527. The van der Waals surface area contributed by atoms with Crippen LogP contribution < -0.4 is 15.1 Å². The Hall–Kier alpha value is -3.55. The summed E-state index contributed by atoms with van der Waals surface area (Å²) in [6.07, 6.45) is 4.85. The number of carbonyl (C=O) groups excluding carboxylic acids is 1. The highest BCUT2D eigenvalue weighted by atomic mass is 16.2. The Bertz CT molecular complexity index is 1280. The van der Waals surface area contributed by atoms with Gasteiger partial charge < -0.3 is 20.0 Å². The van der Waals surface area contributed by atoms with Crippen molar-refractivity contribution in [3.63, 3.8) is 0 Å². The van der Waals surface area contributed by atoms with Gasteiger partial charge in [0.2, 0.25) is 0 Å². The number of hydrogen-bond acceptors (Lipinski definition) is 6. The van der Waals surface area contributed by atoms with Gasteiger partial charge in [0, 0.05) is 69.6 Å². The number of nitrogens with zero attached hydrogens (tertiary/aromatic N) is 6. The maximum atomic E-state index is 13.9. The number of anilines is 2. The van der Waals surface area contributed by atoms with Crippen LogP contribution in [0.2, 0.25) is 0 Å². The number of allylic oxidation sites excluding steroid dienone is 1. The van der Waals surface area contributed by atoms with E-state index in [4.69, 9.17) is 10.1 Å². The highest BCUT2D eigenvalue weighted by Crippen LogP contribution is 2.34. The van der Waals surface area contributed by atoms with Crippen LogP contribution in [0.1, 0.15) is 53.3 Å². The number of likely N-dealkylation sites (N-methyl/N-ethyl adjacent to an activating group) is 1. The molecule has 0 radical (unpaired) electrons. The first-order valence-electron chi connectivity index (χ1n) is 12.8.